The van der Waals surface area contributed by atoms with Crippen molar-refractivity contribution in [1.82, 2.24) is 14.8 Å². The Hall–Kier alpha value is -2.53. The van der Waals surface area contributed by atoms with E-state index in [1.807, 2.05) is 12.4 Å². The van der Waals surface area contributed by atoms with Crippen molar-refractivity contribution >= 4 is 0 Å². The highest BCUT2D eigenvalue weighted by atomic mass is 16.3. The molecule has 5 rings (SSSR count). The van der Waals surface area contributed by atoms with E-state index >= 15 is 0 Å². The van der Waals surface area contributed by atoms with Crippen LogP contribution in [0.5, 0.6) is 0 Å². The van der Waals surface area contributed by atoms with E-state index in [9.17, 15) is 5.11 Å². The van der Waals surface area contributed by atoms with Gasteiger partial charge in [0.15, 0.2) is 0 Å². The molecule has 0 aliphatic carbocycles. The molecule has 4 heteroatoms. The van der Waals surface area contributed by atoms with Gasteiger partial charge in [0.05, 0.1) is 6.61 Å². The topological polar surface area (TPSA) is 39.6 Å². The van der Waals surface area contributed by atoms with Gasteiger partial charge < -0.3 is 5.11 Å². The summed E-state index contributed by atoms with van der Waals surface area (Å²) < 4.78 is 0. The second-order valence-corrected chi connectivity index (χ2v) is 9.37. The molecule has 3 aromatic rings. The van der Waals surface area contributed by atoms with Gasteiger partial charge in [0.25, 0.3) is 0 Å². The third kappa shape index (κ3) is 4.36. The highest BCUT2D eigenvalue weighted by Crippen LogP contribution is 2.42. The number of aliphatic hydroxyl groups is 1. The number of aliphatic hydroxyl groups excluding tert-OH is 1. The maximum absolute atomic E-state index is 10.2. The number of benzene rings is 2. The Morgan fingerprint density at radius 1 is 0.938 bits per heavy atom. The lowest BCUT2D eigenvalue weighted by Crippen LogP contribution is -2.67. The van der Waals surface area contributed by atoms with Crippen LogP contribution in [-0.4, -0.2) is 58.2 Å². The molecule has 0 unspecified atom stereocenters. The van der Waals surface area contributed by atoms with E-state index in [0.717, 1.165) is 26.2 Å². The standard InChI is InChI=1S/C28H33N3O/c1-21-5-4-6-25(17-21)23-7-9-24(10-8-23)28-26-19-30(18-22-11-13-29-14-12-22)15-2-3-16-31(26)27(28)20-32/h4-14,17,26-28,32H,2-3,15-16,18-20H2,1H3/t26-,27+,28+/m1/s1. The molecule has 4 nitrogen and oxygen atoms in total. The van der Waals surface area contributed by atoms with Crippen LogP contribution in [0.4, 0.5) is 0 Å². The molecule has 0 amide bonds. The number of aromatic nitrogens is 1. The van der Waals surface area contributed by atoms with E-state index in [2.05, 4.69) is 82.4 Å². The molecule has 2 aliphatic rings. The number of fused-ring (bicyclic) bond motifs is 1. The molecular formula is C28H33N3O. The zero-order valence-corrected chi connectivity index (χ0v) is 18.9. The summed E-state index contributed by atoms with van der Waals surface area (Å²) >= 11 is 0. The molecule has 2 aromatic carbocycles. The van der Waals surface area contributed by atoms with E-state index in [0.29, 0.717) is 12.0 Å². The van der Waals surface area contributed by atoms with E-state index in [4.69, 9.17) is 0 Å². The normalized spacial score (nSPS) is 24.2. The lowest BCUT2D eigenvalue weighted by Gasteiger charge is -2.57. The Balaban J connectivity index is 1.36. The van der Waals surface area contributed by atoms with Crippen LogP contribution in [0.25, 0.3) is 11.1 Å². The molecule has 3 heterocycles. The average Bonchev–Trinajstić information content (AvgIpc) is 2.81. The van der Waals surface area contributed by atoms with Gasteiger partial charge in [0.2, 0.25) is 0 Å². The maximum Gasteiger partial charge on any atom is 0.0593 e. The Morgan fingerprint density at radius 3 is 2.47 bits per heavy atom. The van der Waals surface area contributed by atoms with Crippen molar-refractivity contribution in [3.63, 3.8) is 0 Å². The first-order chi connectivity index (χ1) is 15.7. The molecule has 2 saturated heterocycles. The molecule has 2 aliphatic heterocycles. The number of hydrogen-bond acceptors (Lipinski definition) is 4. The molecule has 166 valence electrons. The Labute approximate surface area is 191 Å². The van der Waals surface area contributed by atoms with Gasteiger partial charge in [-0.05, 0) is 67.2 Å². The van der Waals surface area contributed by atoms with Crippen molar-refractivity contribution in [2.45, 2.75) is 44.3 Å². The molecule has 32 heavy (non-hydrogen) atoms. The largest absolute Gasteiger partial charge is 0.395 e. The number of pyridine rings is 1. The van der Waals surface area contributed by atoms with Gasteiger partial charge in [-0.25, -0.2) is 0 Å². The minimum atomic E-state index is 0.227. The molecule has 0 radical (unpaired) electrons. The molecule has 0 spiro atoms. The first kappa shape index (κ1) is 21.3. The molecule has 3 atom stereocenters. The minimum absolute atomic E-state index is 0.227. The van der Waals surface area contributed by atoms with Crippen LogP contribution in [-0.2, 0) is 6.54 Å². The fraction of sp³-hybridized carbons (Fsp3) is 0.393. The van der Waals surface area contributed by atoms with Crippen molar-refractivity contribution in [2.24, 2.45) is 0 Å². The van der Waals surface area contributed by atoms with Gasteiger partial charge in [-0.15, -0.1) is 0 Å². The lowest BCUT2D eigenvalue weighted by atomic mass is 9.74. The molecule has 1 N–H and O–H groups in total. The zero-order valence-electron chi connectivity index (χ0n) is 18.9. The third-order valence-electron chi connectivity index (χ3n) is 7.26. The molecule has 1 aromatic heterocycles. The van der Waals surface area contributed by atoms with Gasteiger partial charge in [0, 0.05) is 43.5 Å². The quantitative estimate of drug-likeness (QED) is 0.652. The van der Waals surface area contributed by atoms with Crippen LogP contribution in [0.15, 0.2) is 73.1 Å². The molecular weight excluding hydrogens is 394 g/mol. The highest BCUT2D eigenvalue weighted by Gasteiger charge is 2.48. The van der Waals surface area contributed by atoms with E-state index in [1.165, 1.54) is 40.7 Å². The van der Waals surface area contributed by atoms with Crippen molar-refractivity contribution in [1.29, 1.82) is 0 Å². The van der Waals surface area contributed by atoms with Crippen LogP contribution >= 0.6 is 0 Å². The number of rotatable bonds is 5. The summed E-state index contributed by atoms with van der Waals surface area (Å²) in [6, 6.07) is 22.7. The molecule has 0 saturated carbocycles. The van der Waals surface area contributed by atoms with Gasteiger partial charge in [0.1, 0.15) is 0 Å². The Kier molecular flexibility index (Phi) is 6.35. The van der Waals surface area contributed by atoms with E-state index in [1.54, 1.807) is 0 Å². The molecule has 0 bridgehead atoms. The lowest BCUT2D eigenvalue weighted by molar-refractivity contribution is -0.0655. The maximum atomic E-state index is 10.2. The van der Waals surface area contributed by atoms with Gasteiger partial charge in [-0.2, -0.15) is 0 Å². The van der Waals surface area contributed by atoms with E-state index < -0.39 is 0 Å². The van der Waals surface area contributed by atoms with Crippen LogP contribution in [0.2, 0.25) is 0 Å². The Morgan fingerprint density at radius 2 is 1.72 bits per heavy atom. The van der Waals surface area contributed by atoms with Crippen molar-refractivity contribution in [3.8, 4) is 11.1 Å². The van der Waals surface area contributed by atoms with Crippen LogP contribution in [0.1, 0.15) is 35.4 Å². The first-order valence-corrected chi connectivity index (χ1v) is 11.9. The summed E-state index contributed by atoms with van der Waals surface area (Å²) in [7, 11) is 0. The minimum Gasteiger partial charge on any atom is -0.395 e. The van der Waals surface area contributed by atoms with Crippen molar-refractivity contribution in [3.05, 3.63) is 89.7 Å². The number of hydrogen-bond donors (Lipinski definition) is 1. The predicted molar refractivity (Wildman–Crippen MR) is 129 cm³/mol. The molecule has 2 fully saturated rings. The predicted octanol–water partition coefficient (Wildman–Crippen LogP) is 4.48. The average molecular weight is 428 g/mol. The van der Waals surface area contributed by atoms with Gasteiger partial charge in [-0.1, -0.05) is 54.1 Å². The monoisotopic (exact) mass is 427 g/mol. The van der Waals surface area contributed by atoms with Crippen LogP contribution in [0.3, 0.4) is 0 Å². The van der Waals surface area contributed by atoms with Crippen LogP contribution < -0.4 is 0 Å². The fourth-order valence-electron chi connectivity index (χ4n) is 5.62. The van der Waals surface area contributed by atoms with Gasteiger partial charge >= 0.3 is 0 Å². The first-order valence-electron chi connectivity index (χ1n) is 11.9. The number of nitrogens with zero attached hydrogens (tertiary/aromatic N) is 3. The third-order valence-corrected chi connectivity index (χ3v) is 7.26. The summed E-state index contributed by atoms with van der Waals surface area (Å²) in [5.74, 6) is 0.379. The van der Waals surface area contributed by atoms with Crippen molar-refractivity contribution < 1.29 is 5.11 Å². The summed E-state index contributed by atoms with van der Waals surface area (Å²) in [5, 5.41) is 10.2. The second-order valence-electron chi connectivity index (χ2n) is 9.37. The summed E-state index contributed by atoms with van der Waals surface area (Å²) in [4.78, 5) is 9.31. The smallest absolute Gasteiger partial charge is 0.0593 e. The summed E-state index contributed by atoms with van der Waals surface area (Å²) in [6.45, 7) is 6.61. The van der Waals surface area contributed by atoms with Crippen molar-refractivity contribution in [2.75, 3.05) is 26.2 Å². The fourth-order valence-corrected chi connectivity index (χ4v) is 5.62. The zero-order chi connectivity index (χ0) is 21.9. The Bertz CT molecular complexity index is 1020. The summed E-state index contributed by atoms with van der Waals surface area (Å²) in [5.41, 5.74) is 6.48. The second kappa shape index (κ2) is 9.53. The number of aryl methyl sites for hydroxylation is 1. The SMILES string of the molecule is Cc1cccc(-c2ccc([C@H]3[C@H]4CN(Cc5ccncc5)CCCCN4[C@H]3CO)cc2)c1. The van der Waals surface area contributed by atoms with Gasteiger partial charge in [-0.3, -0.25) is 14.8 Å². The highest BCUT2D eigenvalue weighted by molar-refractivity contribution is 5.64. The summed E-state index contributed by atoms with van der Waals surface area (Å²) in [6.07, 6.45) is 6.17. The van der Waals surface area contributed by atoms with Crippen LogP contribution in [0, 0.1) is 6.92 Å². The van der Waals surface area contributed by atoms with E-state index in [-0.39, 0.29) is 12.6 Å².